The van der Waals surface area contributed by atoms with Gasteiger partial charge in [0.1, 0.15) is 6.54 Å². The summed E-state index contributed by atoms with van der Waals surface area (Å²) in [7, 11) is 0. The molecular weight excluding hydrogens is 208 g/mol. The lowest BCUT2D eigenvalue weighted by atomic mass is 10.3. The summed E-state index contributed by atoms with van der Waals surface area (Å²) < 4.78 is 6.89. The largest absolute Gasteiger partial charge is 0.390 e. The first-order valence-corrected chi connectivity index (χ1v) is 5.24. The molecule has 0 amide bonds. The van der Waals surface area contributed by atoms with Gasteiger partial charge in [0.05, 0.1) is 18.6 Å². The Hall–Kier alpha value is -1.69. The maximum absolute atomic E-state index is 8.86. The average Bonchev–Trinajstić information content (AvgIpc) is 2.89. The third-order valence-corrected chi connectivity index (χ3v) is 2.15. The average molecular weight is 222 g/mol. The van der Waals surface area contributed by atoms with E-state index in [1.54, 1.807) is 17.1 Å². The molecule has 86 valence electrons. The Morgan fingerprint density at radius 3 is 3.06 bits per heavy atom. The van der Waals surface area contributed by atoms with Crippen LogP contribution in [0.2, 0.25) is 0 Å². The van der Waals surface area contributed by atoms with E-state index in [0.29, 0.717) is 18.1 Å². The van der Waals surface area contributed by atoms with Crippen molar-refractivity contribution < 1.29 is 9.63 Å². The predicted octanol–water partition coefficient (Wildman–Crippen LogP) is 0.759. The number of aliphatic hydroxyl groups is 1. The number of imidazole rings is 1. The highest BCUT2D eigenvalue weighted by Crippen LogP contribution is 2.04. The Balaban J connectivity index is 2.02. The fourth-order valence-corrected chi connectivity index (χ4v) is 1.41. The first-order chi connectivity index (χ1) is 7.81. The summed E-state index contributed by atoms with van der Waals surface area (Å²) in [5.41, 5.74) is 0.633. The van der Waals surface area contributed by atoms with E-state index in [1.807, 2.05) is 0 Å². The first kappa shape index (κ1) is 10.8. The van der Waals surface area contributed by atoms with E-state index >= 15 is 0 Å². The van der Waals surface area contributed by atoms with E-state index in [9.17, 15) is 0 Å². The van der Waals surface area contributed by atoms with Gasteiger partial charge in [0.15, 0.2) is 5.82 Å². The summed E-state index contributed by atoms with van der Waals surface area (Å²) >= 11 is 0. The lowest BCUT2D eigenvalue weighted by molar-refractivity contribution is 0.277. The Bertz CT molecular complexity index is 449. The molecule has 2 heterocycles. The van der Waals surface area contributed by atoms with E-state index in [4.69, 9.17) is 9.63 Å². The molecule has 0 aliphatic carbocycles. The molecular formula is C10H14N4O2. The topological polar surface area (TPSA) is 77.0 Å². The summed E-state index contributed by atoms with van der Waals surface area (Å²) in [4.78, 5) is 8.24. The summed E-state index contributed by atoms with van der Waals surface area (Å²) in [6.07, 6.45) is 5.22. The molecule has 0 saturated heterocycles. The van der Waals surface area contributed by atoms with Crippen molar-refractivity contribution in [1.82, 2.24) is 19.7 Å². The van der Waals surface area contributed by atoms with E-state index in [-0.39, 0.29) is 6.61 Å². The van der Waals surface area contributed by atoms with Crippen LogP contribution in [0.3, 0.4) is 0 Å². The highest BCUT2D eigenvalue weighted by atomic mass is 16.5. The molecule has 0 radical (unpaired) electrons. The van der Waals surface area contributed by atoms with E-state index in [0.717, 1.165) is 18.7 Å². The second kappa shape index (κ2) is 4.89. The molecule has 0 fully saturated rings. The van der Waals surface area contributed by atoms with Crippen LogP contribution in [0.5, 0.6) is 0 Å². The molecule has 2 rings (SSSR count). The second-order valence-corrected chi connectivity index (χ2v) is 3.55. The van der Waals surface area contributed by atoms with Gasteiger partial charge in [0, 0.05) is 12.6 Å². The van der Waals surface area contributed by atoms with Crippen molar-refractivity contribution >= 4 is 0 Å². The second-order valence-electron chi connectivity index (χ2n) is 3.55. The Morgan fingerprint density at radius 1 is 1.50 bits per heavy atom. The van der Waals surface area contributed by atoms with Crippen LogP contribution in [0.4, 0.5) is 0 Å². The van der Waals surface area contributed by atoms with Crippen LogP contribution in [0.1, 0.15) is 30.8 Å². The SMILES string of the molecule is CCCc1noc(Cn2cnc(CO)c2)n1. The van der Waals surface area contributed by atoms with Gasteiger partial charge in [-0.15, -0.1) is 0 Å². The monoisotopic (exact) mass is 222 g/mol. The summed E-state index contributed by atoms with van der Waals surface area (Å²) in [5, 5.41) is 12.7. The molecule has 16 heavy (non-hydrogen) atoms. The zero-order valence-electron chi connectivity index (χ0n) is 9.13. The molecule has 6 nitrogen and oxygen atoms in total. The predicted molar refractivity (Wildman–Crippen MR) is 55.5 cm³/mol. The van der Waals surface area contributed by atoms with Gasteiger partial charge in [-0.1, -0.05) is 12.1 Å². The van der Waals surface area contributed by atoms with Crippen LogP contribution in [0.25, 0.3) is 0 Å². The van der Waals surface area contributed by atoms with Crippen molar-refractivity contribution in [3.8, 4) is 0 Å². The Morgan fingerprint density at radius 2 is 2.38 bits per heavy atom. The molecule has 0 aliphatic heterocycles. The number of rotatable bonds is 5. The fourth-order valence-electron chi connectivity index (χ4n) is 1.41. The van der Waals surface area contributed by atoms with Gasteiger partial charge in [-0.05, 0) is 6.42 Å². The lowest BCUT2D eigenvalue weighted by Crippen LogP contribution is -1.97. The molecule has 0 unspecified atom stereocenters. The maximum Gasteiger partial charge on any atom is 0.246 e. The quantitative estimate of drug-likeness (QED) is 0.808. The molecule has 0 bridgehead atoms. The number of aryl methyl sites for hydroxylation is 1. The van der Waals surface area contributed by atoms with E-state index < -0.39 is 0 Å². The fraction of sp³-hybridized carbons (Fsp3) is 0.500. The van der Waals surface area contributed by atoms with Gasteiger partial charge in [-0.25, -0.2) is 4.98 Å². The summed E-state index contributed by atoms with van der Waals surface area (Å²) in [6.45, 7) is 2.50. The van der Waals surface area contributed by atoms with Crippen molar-refractivity contribution in [3.63, 3.8) is 0 Å². The van der Waals surface area contributed by atoms with Gasteiger partial charge in [-0.3, -0.25) is 0 Å². The third kappa shape index (κ3) is 2.46. The molecule has 2 aromatic rings. The summed E-state index contributed by atoms with van der Waals surface area (Å²) in [5.74, 6) is 1.30. The maximum atomic E-state index is 8.86. The van der Waals surface area contributed by atoms with Crippen LogP contribution < -0.4 is 0 Å². The molecule has 6 heteroatoms. The third-order valence-electron chi connectivity index (χ3n) is 2.15. The van der Waals surface area contributed by atoms with Crippen molar-refractivity contribution in [2.75, 3.05) is 0 Å². The number of hydrogen-bond acceptors (Lipinski definition) is 5. The number of hydrogen-bond donors (Lipinski definition) is 1. The molecule has 0 aromatic carbocycles. The normalized spacial score (nSPS) is 10.9. The zero-order chi connectivity index (χ0) is 11.4. The van der Waals surface area contributed by atoms with E-state index in [1.165, 1.54) is 0 Å². The Kier molecular flexibility index (Phi) is 3.31. The standard InChI is InChI=1S/C10H14N4O2/c1-2-3-9-12-10(16-13-9)5-14-4-8(6-15)11-7-14/h4,7,15H,2-3,5-6H2,1H3. The van der Waals surface area contributed by atoms with E-state index in [2.05, 4.69) is 22.0 Å². The molecule has 1 N–H and O–H groups in total. The molecule has 2 aromatic heterocycles. The van der Waals surface area contributed by atoms with Gasteiger partial charge < -0.3 is 14.2 Å². The van der Waals surface area contributed by atoms with Crippen LogP contribution in [-0.2, 0) is 19.6 Å². The number of nitrogens with zero attached hydrogens (tertiary/aromatic N) is 4. The van der Waals surface area contributed by atoms with Crippen LogP contribution in [0, 0.1) is 0 Å². The van der Waals surface area contributed by atoms with Crippen molar-refractivity contribution in [2.24, 2.45) is 0 Å². The van der Waals surface area contributed by atoms with Crippen molar-refractivity contribution in [3.05, 3.63) is 29.9 Å². The number of aliphatic hydroxyl groups excluding tert-OH is 1. The Labute approximate surface area is 92.9 Å². The first-order valence-electron chi connectivity index (χ1n) is 5.24. The molecule has 0 atom stereocenters. The van der Waals surface area contributed by atoms with Gasteiger partial charge in [0.2, 0.25) is 5.89 Å². The van der Waals surface area contributed by atoms with Gasteiger partial charge in [-0.2, -0.15) is 4.98 Å². The smallest absolute Gasteiger partial charge is 0.246 e. The molecule has 0 aliphatic rings. The van der Waals surface area contributed by atoms with Gasteiger partial charge in [0.25, 0.3) is 0 Å². The minimum atomic E-state index is -0.0576. The minimum Gasteiger partial charge on any atom is -0.390 e. The highest BCUT2D eigenvalue weighted by Gasteiger charge is 2.06. The van der Waals surface area contributed by atoms with Crippen LogP contribution in [0.15, 0.2) is 17.0 Å². The minimum absolute atomic E-state index is 0.0576. The molecule has 0 saturated carbocycles. The lowest BCUT2D eigenvalue weighted by Gasteiger charge is -1.94. The highest BCUT2D eigenvalue weighted by molar-refractivity contribution is 4.96. The molecule has 0 spiro atoms. The van der Waals surface area contributed by atoms with Gasteiger partial charge >= 0.3 is 0 Å². The van der Waals surface area contributed by atoms with Crippen LogP contribution in [-0.4, -0.2) is 24.8 Å². The van der Waals surface area contributed by atoms with Crippen molar-refractivity contribution in [1.29, 1.82) is 0 Å². The zero-order valence-corrected chi connectivity index (χ0v) is 9.13. The van der Waals surface area contributed by atoms with Crippen molar-refractivity contribution in [2.45, 2.75) is 32.9 Å². The number of aromatic nitrogens is 4. The van der Waals surface area contributed by atoms with Crippen LogP contribution >= 0.6 is 0 Å². The summed E-state index contributed by atoms with van der Waals surface area (Å²) in [6, 6.07) is 0.